The Labute approximate surface area is 141 Å². The van der Waals surface area contributed by atoms with Crippen LogP contribution in [0, 0.1) is 6.92 Å². The van der Waals surface area contributed by atoms with Gasteiger partial charge in [-0.15, -0.1) is 0 Å². The minimum atomic E-state index is -0.841. The third-order valence-electron chi connectivity index (χ3n) is 4.98. The fraction of sp³-hybridized carbons (Fsp3) is 0.500. The van der Waals surface area contributed by atoms with E-state index < -0.39 is 5.54 Å². The lowest BCUT2D eigenvalue weighted by Crippen LogP contribution is -2.55. The Hall–Kier alpha value is -2.37. The molecule has 1 aromatic carbocycles. The zero-order valence-corrected chi connectivity index (χ0v) is 14.2. The van der Waals surface area contributed by atoms with Gasteiger partial charge in [-0.3, -0.25) is 14.5 Å². The topological polar surface area (TPSA) is 69.7 Å². The van der Waals surface area contributed by atoms with Crippen molar-refractivity contribution in [2.24, 2.45) is 0 Å². The van der Waals surface area contributed by atoms with E-state index in [-0.39, 0.29) is 24.4 Å². The SMILES string of the molecule is CCC(=O)N1CCC2(CC1)NC(=O)N(Cc1ccc(C)cc1)C2=O. The van der Waals surface area contributed by atoms with Crippen LogP contribution in [0.3, 0.4) is 0 Å². The molecule has 0 aliphatic carbocycles. The maximum atomic E-state index is 12.8. The monoisotopic (exact) mass is 329 g/mol. The van der Waals surface area contributed by atoms with Crippen molar-refractivity contribution in [3.05, 3.63) is 35.4 Å². The first-order valence-electron chi connectivity index (χ1n) is 8.42. The number of carbonyl (C=O) groups excluding carboxylic acids is 3. The van der Waals surface area contributed by atoms with Crippen LogP contribution >= 0.6 is 0 Å². The van der Waals surface area contributed by atoms with Crippen molar-refractivity contribution in [1.29, 1.82) is 0 Å². The minimum Gasteiger partial charge on any atom is -0.343 e. The lowest BCUT2D eigenvalue weighted by Gasteiger charge is -2.37. The van der Waals surface area contributed by atoms with Crippen molar-refractivity contribution in [2.75, 3.05) is 13.1 Å². The number of nitrogens with one attached hydrogen (secondary N) is 1. The van der Waals surface area contributed by atoms with Gasteiger partial charge in [0.15, 0.2) is 0 Å². The molecule has 0 radical (unpaired) electrons. The highest BCUT2D eigenvalue weighted by molar-refractivity contribution is 6.07. The summed E-state index contributed by atoms with van der Waals surface area (Å²) >= 11 is 0. The number of nitrogens with zero attached hydrogens (tertiary/aromatic N) is 2. The van der Waals surface area contributed by atoms with Crippen LogP contribution in [0.1, 0.15) is 37.3 Å². The van der Waals surface area contributed by atoms with Gasteiger partial charge in [-0.25, -0.2) is 4.79 Å². The predicted octanol–water partition coefficient (Wildman–Crippen LogP) is 1.82. The summed E-state index contributed by atoms with van der Waals surface area (Å²) in [4.78, 5) is 40.0. The summed E-state index contributed by atoms with van der Waals surface area (Å²) < 4.78 is 0. The molecule has 2 saturated heterocycles. The van der Waals surface area contributed by atoms with Crippen LogP contribution < -0.4 is 5.32 Å². The molecule has 2 aliphatic rings. The molecule has 24 heavy (non-hydrogen) atoms. The average molecular weight is 329 g/mol. The summed E-state index contributed by atoms with van der Waals surface area (Å²) in [6.07, 6.45) is 1.42. The van der Waals surface area contributed by atoms with Crippen molar-refractivity contribution in [3.63, 3.8) is 0 Å². The highest BCUT2D eigenvalue weighted by Gasteiger charge is 2.52. The molecule has 0 bridgehead atoms. The Bertz CT molecular complexity index is 661. The van der Waals surface area contributed by atoms with Gasteiger partial charge < -0.3 is 10.2 Å². The van der Waals surface area contributed by atoms with Crippen LogP contribution in [0.2, 0.25) is 0 Å². The number of aryl methyl sites for hydroxylation is 1. The van der Waals surface area contributed by atoms with Gasteiger partial charge in [-0.1, -0.05) is 36.8 Å². The normalized spacial score (nSPS) is 19.8. The molecule has 1 spiro atoms. The molecule has 6 heteroatoms. The third-order valence-corrected chi connectivity index (χ3v) is 4.98. The smallest absolute Gasteiger partial charge is 0.325 e. The molecule has 4 amide bonds. The maximum absolute atomic E-state index is 12.8. The van der Waals surface area contributed by atoms with Crippen LogP contribution in [0.4, 0.5) is 4.79 Å². The summed E-state index contributed by atoms with van der Waals surface area (Å²) in [5.41, 5.74) is 1.23. The molecular formula is C18H23N3O3. The molecular weight excluding hydrogens is 306 g/mol. The summed E-state index contributed by atoms with van der Waals surface area (Å²) in [5, 5.41) is 2.88. The van der Waals surface area contributed by atoms with E-state index in [4.69, 9.17) is 0 Å². The van der Waals surface area contributed by atoms with Crippen molar-refractivity contribution >= 4 is 17.8 Å². The number of piperidine rings is 1. The molecule has 1 N–H and O–H groups in total. The Morgan fingerprint density at radius 2 is 1.79 bits per heavy atom. The molecule has 2 aliphatic heterocycles. The summed E-state index contributed by atoms with van der Waals surface area (Å²) in [7, 11) is 0. The zero-order valence-electron chi connectivity index (χ0n) is 14.2. The number of carbonyl (C=O) groups is 3. The molecule has 0 unspecified atom stereocenters. The summed E-state index contributed by atoms with van der Waals surface area (Å²) in [6, 6.07) is 7.47. The molecule has 6 nitrogen and oxygen atoms in total. The van der Waals surface area contributed by atoms with E-state index >= 15 is 0 Å². The molecule has 0 atom stereocenters. The van der Waals surface area contributed by atoms with Gasteiger partial charge in [0.05, 0.1) is 6.54 Å². The molecule has 0 saturated carbocycles. The molecule has 2 fully saturated rings. The van der Waals surface area contributed by atoms with Gasteiger partial charge in [0.1, 0.15) is 5.54 Å². The van der Waals surface area contributed by atoms with E-state index in [0.29, 0.717) is 32.4 Å². The van der Waals surface area contributed by atoms with Crippen molar-refractivity contribution < 1.29 is 14.4 Å². The number of amides is 4. The van der Waals surface area contributed by atoms with Crippen LogP contribution in [0.15, 0.2) is 24.3 Å². The summed E-state index contributed by atoms with van der Waals surface area (Å²) in [6.45, 7) is 5.13. The number of rotatable bonds is 3. The maximum Gasteiger partial charge on any atom is 0.325 e. The van der Waals surface area contributed by atoms with Gasteiger partial charge in [0, 0.05) is 19.5 Å². The van der Waals surface area contributed by atoms with Crippen molar-refractivity contribution in [3.8, 4) is 0 Å². The van der Waals surface area contributed by atoms with E-state index in [2.05, 4.69) is 5.32 Å². The van der Waals surface area contributed by atoms with Gasteiger partial charge in [-0.2, -0.15) is 0 Å². The number of benzene rings is 1. The third kappa shape index (κ3) is 2.88. The summed E-state index contributed by atoms with van der Waals surface area (Å²) in [5.74, 6) is -0.0743. The largest absolute Gasteiger partial charge is 0.343 e. The first-order valence-corrected chi connectivity index (χ1v) is 8.42. The fourth-order valence-corrected chi connectivity index (χ4v) is 3.40. The Morgan fingerprint density at radius 1 is 1.17 bits per heavy atom. The Kier molecular flexibility index (Phi) is 4.30. The number of imide groups is 1. The van der Waals surface area contributed by atoms with Crippen molar-refractivity contribution in [2.45, 2.75) is 45.2 Å². The molecule has 128 valence electrons. The van der Waals surface area contributed by atoms with Gasteiger partial charge in [0.25, 0.3) is 5.91 Å². The standard InChI is InChI=1S/C18H23N3O3/c1-3-15(22)20-10-8-18(9-11-20)16(23)21(17(24)19-18)12-14-6-4-13(2)5-7-14/h4-7H,3,8-12H2,1-2H3,(H,19,24). The van der Waals surface area contributed by atoms with E-state index in [1.54, 1.807) is 4.90 Å². The second-order valence-corrected chi connectivity index (χ2v) is 6.62. The molecule has 0 aromatic heterocycles. The van der Waals surface area contributed by atoms with E-state index in [9.17, 15) is 14.4 Å². The van der Waals surface area contributed by atoms with Crippen LogP contribution in [-0.4, -0.2) is 46.3 Å². The van der Waals surface area contributed by atoms with Crippen molar-refractivity contribution in [1.82, 2.24) is 15.1 Å². The van der Waals surface area contributed by atoms with Gasteiger partial charge >= 0.3 is 6.03 Å². The first-order chi connectivity index (χ1) is 11.4. The first kappa shape index (κ1) is 16.5. The van der Waals surface area contributed by atoms with E-state index in [1.807, 2.05) is 38.1 Å². The highest BCUT2D eigenvalue weighted by atomic mass is 16.2. The number of urea groups is 1. The fourth-order valence-electron chi connectivity index (χ4n) is 3.40. The lowest BCUT2D eigenvalue weighted by atomic mass is 9.87. The second kappa shape index (κ2) is 6.26. The van der Waals surface area contributed by atoms with Crippen LogP contribution in [0.5, 0.6) is 0 Å². The number of hydrogen-bond donors (Lipinski definition) is 1. The minimum absolute atomic E-state index is 0.0955. The lowest BCUT2D eigenvalue weighted by molar-refractivity contribution is -0.138. The Morgan fingerprint density at radius 3 is 2.38 bits per heavy atom. The van der Waals surface area contributed by atoms with Crippen LogP contribution in [0.25, 0.3) is 0 Å². The second-order valence-electron chi connectivity index (χ2n) is 6.62. The predicted molar refractivity (Wildman–Crippen MR) is 89.1 cm³/mol. The molecule has 1 aromatic rings. The molecule has 2 heterocycles. The Balaban J connectivity index is 1.70. The quantitative estimate of drug-likeness (QED) is 0.860. The highest BCUT2D eigenvalue weighted by Crippen LogP contribution is 2.30. The number of likely N-dealkylation sites (tertiary alicyclic amines) is 1. The zero-order chi connectivity index (χ0) is 17.3. The van der Waals surface area contributed by atoms with E-state index in [1.165, 1.54) is 4.90 Å². The number of hydrogen-bond acceptors (Lipinski definition) is 3. The van der Waals surface area contributed by atoms with Crippen LogP contribution in [-0.2, 0) is 16.1 Å². The van der Waals surface area contributed by atoms with Gasteiger partial charge in [-0.05, 0) is 25.3 Å². The average Bonchev–Trinajstić information content (AvgIpc) is 2.81. The van der Waals surface area contributed by atoms with E-state index in [0.717, 1.165) is 11.1 Å². The molecule has 3 rings (SSSR count). The van der Waals surface area contributed by atoms with Gasteiger partial charge in [0.2, 0.25) is 5.91 Å².